The summed E-state index contributed by atoms with van der Waals surface area (Å²) in [6.45, 7) is 2.73. The molecule has 5 heteroatoms. The Bertz CT molecular complexity index is 957. The van der Waals surface area contributed by atoms with Crippen LogP contribution < -0.4 is 5.32 Å². The van der Waals surface area contributed by atoms with Crippen LogP contribution in [0.4, 0.5) is 5.69 Å². The fourth-order valence-corrected chi connectivity index (χ4v) is 3.74. The van der Waals surface area contributed by atoms with E-state index in [0.717, 1.165) is 37.3 Å². The van der Waals surface area contributed by atoms with Gasteiger partial charge in [-0.15, -0.1) is 0 Å². The van der Waals surface area contributed by atoms with Gasteiger partial charge in [-0.3, -0.25) is 14.7 Å². The highest BCUT2D eigenvalue weighted by Crippen LogP contribution is 2.26. The van der Waals surface area contributed by atoms with Gasteiger partial charge >= 0.3 is 0 Å². The quantitative estimate of drug-likeness (QED) is 0.697. The molecular weight excluding hydrogens is 370 g/mol. The van der Waals surface area contributed by atoms with E-state index < -0.39 is 0 Å². The number of benzene rings is 2. The molecule has 0 unspecified atom stereocenters. The van der Waals surface area contributed by atoms with Gasteiger partial charge in [0.15, 0.2) is 0 Å². The third-order valence-corrected chi connectivity index (χ3v) is 5.27. The van der Waals surface area contributed by atoms with Crippen LogP contribution in [-0.4, -0.2) is 22.3 Å². The molecule has 2 heterocycles. The molecule has 0 aliphatic carbocycles. The van der Waals surface area contributed by atoms with Crippen molar-refractivity contribution >= 4 is 23.2 Å². The molecule has 4 rings (SSSR count). The van der Waals surface area contributed by atoms with Crippen molar-refractivity contribution in [2.75, 3.05) is 11.9 Å². The highest BCUT2D eigenvalue weighted by atomic mass is 35.5. The molecule has 4 nitrogen and oxygen atoms in total. The van der Waals surface area contributed by atoms with Crippen LogP contribution in [0.2, 0.25) is 5.02 Å². The number of aromatic nitrogens is 1. The summed E-state index contributed by atoms with van der Waals surface area (Å²) in [6, 6.07) is 17.9. The molecule has 0 bridgehead atoms. The zero-order valence-corrected chi connectivity index (χ0v) is 16.3. The summed E-state index contributed by atoms with van der Waals surface area (Å²) in [5, 5.41) is 3.72. The van der Waals surface area contributed by atoms with Crippen LogP contribution in [-0.2, 0) is 30.7 Å². The molecular formula is C23H22ClN3O. The van der Waals surface area contributed by atoms with Crippen molar-refractivity contribution < 1.29 is 4.79 Å². The van der Waals surface area contributed by atoms with Gasteiger partial charge in [-0.1, -0.05) is 54.1 Å². The fraction of sp³-hybridized carbons (Fsp3) is 0.217. The minimum atomic E-state index is -0.0377. The topological polar surface area (TPSA) is 45.2 Å². The number of carbonyl (C=O) groups is 1. The summed E-state index contributed by atoms with van der Waals surface area (Å²) in [4.78, 5) is 19.2. The molecule has 142 valence electrons. The summed E-state index contributed by atoms with van der Waals surface area (Å²) in [5.41, 5.74) is 5.46. The Balaban J connectivity index is 1.42. The van der Waals surface area contributed by atoms with Gasteiger partial charge in [0.2, 0.25) is 5.91 Å². The van der Waals surface area contributed by atoms with Gasteiger partial charge < -0.3 is 5.32 Å². The maximum Gasteiger partial charge on any atom is 0.228 e. The number of rotatable bonds is 5. The van der Waals surface area contributed by atoms with E-state index in [4.69, 9.17) is 11.6 Å². The number of hydrogen-bond acceptors (Lipinski definition) is 3. The molecule has 28 heavy (non-hydrogen) atoms. The van der Waals surface area contributed by atoms with Crippen molar-refractivity contribution in [2.45, 2.75) is 25.9 Å². The smallest absolute Gasteiger partial charge is 0.228 e. The lowest BCUT2D eigenvalue weighted by Gasteiger charge is -2.29. The number of halogens is 1. The van der Waals surface area contributed by atoms with Gasteiger partial charge in [0.25, 0.3) is 0 Å². The Morgan fingerprint density at radius 2 is 1.82 bits per heavy atom. The van der Waals surface area contributed by atoms with E-state index in [1.807, 2.05) is 24.4 Å². The van der Waals surface area contributed by atoms with Gasteiger partial charge in [0.1, 0.15) is 0 Å². The molecule has 1 aliphatic rings. The first kappa shape index (κ1) is 18.7. The predicted molar refractivity (Wildman–Crippen MR) is 112 cm³/mol. The Kier molecular flexibility index (Phi) is 5.70. The second-order valence-corrected chi connectivity index (χ2v) is 7.56. The summed E-state index contributed by atoms with van der Waals surface area (Å²) in [7, 11) is 0. The molecule has 0 radical (unpaired) electrons. The molecule has 1 amide bonds. The number of fused-ring (bicyclic) bond motifs is 1. The van der Waals surface area contributed by atoms with Gasteiger partial charge in [-0.25, -0.2) is 0 Å². The third kappa shape index (κ3) is 4.58. The standard InChI is InChI=1S/C23H22ClN3O/c24-20-8-6-17(7-9-20)12-23(28)26-22-14-25-13-19-16-27(11-10-21(19)22)15-18-4-2-1-3-5-18/h1-9,13-14H,10-12,15-16H2,(H,26,28). The van der Waals surface area contributed by atoms with E-state index >= 15 is 0 Å². The number of carbonyl (C=O) groups excluding carboxylic acids is 1. The van der Waals surface area contributed by atoms with Gasteiger partial charge in [0, 0.05) is 30.9 Å². The lowest BCUT2D eigenvalue weighted by Crippen LogP contribution is -2.31. The first-order chi connectivity index (χ1) is 13.7. The number of amides is 1. The SMILES string of the molecule is O=C(Cc1ccc(Cl)cc1)Nc1cncc2c1CCN(Cc1ccccc1)C2. The van der Waals surface area contributed by atoms with Crippen LogP contribution in [0.1, 0.15) is 22.3 Å². The first-order valence-corrected chi connectivity index (χ1v) is 9.81. The predicted octanol–water partition coefficient (Wildman–Crippen LogP) is 4.47. The van der Waals surface area contributed by atoms with Crippen molar-refractivity contribution in [1.29, 1.82) is 0 Å². The first-order valence-electron chi connectivity index (χ1n) is 9.44. The second kappa shape index (κ2) is 8.55. The van der Waals surface area contributed by atoms with Gasteiger partial charge in [-0.2, -0.15) is 0 Å². The Labute approximate surface area is 170 Å². The van der Waals surface area contributed by atoms with Crippen LogP contribution in [0.15, 0.2) is 67.0 Å². The molecule has 2 aromatic carbocycles. The number of anilines is 1. The highest BCUT2D eigenvalue weighted by Gasteiger charge is 2.20. The van der Waals surface area contributed by atoms with Crippen LogP contribution in [0.25, 0.3) is 0 Å². The van der Waals surface area contributed by atoms with Crippen molar-refractivity contribution in [1.82, 2.24) is 9.88 Å². The zero-order valence-electron chi connectivity index (χ0n) is 15.6. The normalized spacial score (nSPS) is 13.8. The Hall–Kier alpha value is -2.69. The maximum absolute atomic E-state index is 12.5. The van der Waals surface area contributed by atoms with Crippen molar-refractivity contribution in [2.24, 2.45) is 0 Å². The molecule has 1 aliphatic heterocycles. The second-order valence-electron chi connectivity index (χ2n) is 7.12. The minimum Gasteiger partial charge on any atom is -0.324 e. The highest BCUT2D eigenvalue weighted by molar-refractivity contribution is 6.30. The third-order valence-electron chi connectivity index (χ3n) is 5.02. The van der Waals surface area contributed by atoms with E-state index in [2.05, 4.69) is 39.5 Å². The fourth-order valence-electron chi connectivity index (χ4n) is 3.62. The summed E-state index contributed by atoms with van der Waals surface area (Å²) in [6.07, 6.45) is 4.90. The number of hydrogen-bond donors (Lipinski definition) is 1. The van der Waals surface area contributed by atoms with Crippen LogP contribution in [0.3, 0.4) is 0 Å². The van der Waals surface area contributed by atoms with Gasteiger partial charge in [0.05, 0.1) is 18.3 Å². The number of nitrogens with one attached hydrogen (secondary N) is 1. The summed E-state index contributed by atoms with van der Waals surface area (Å²) < 4.78 is 0. The largest absolute Gasteiger partial charge is 0.324 e. The van der Waals surface area contributed by atoms with E-state index in [-0.39, 0.29) is 5.91 Å². The maximum atomic E-state index is 12.5. The number of nitrogens with zero attached hydrogens (tertiary/aromatic N) is 2. The van der Waals surface area contributed by atoms with E-state index in [1.54, 1.807) is 18.3 Å². The lowest BCUT2D eigenvalue weighted by molar-refractivity contribution is -0.115. The zero-order chi connectivity index (χ0) is 19.3. The van der Waals surface area contributed by atoms with Crippen LogP contribution in [0.5, 0.6) is 0 Å². The molecule has 0 saturated heterocycles. The Morgan fingerprint density at radius 1 is 1.04 bits per heavy atom. The average molecular weight is 392 g/mol. The summed E-state index contributed by atoms with van der Waals surface area (Å²) >= 11 is 5.91. The molecule has 0 spiro atoms. The van der Waals surface area contributed by atoms with Crippen LogP contribution in [0, 0.1) is 0 Å². The van der Waals surface area contributed by atoms with Crippen molar-refractivity contribution in [3.63, 3.8) is 0 Å². The number of pyridine rings is 1. The monoisotopic (exact) mass is 391 g/mol. The van der Waals surface area contributed by atoms with Gasteiger partial charge in [-0.05, 0) is 40.8 Å². The molecule has 0 saturated carbocycles. The molecule has 1 aromatic heterocycles. The molecule has 1 N–H and O–H groups in total. The van der Waals surface area contributed by atoms with Crippen molar-refractivity contribution in [3.05, 3.63) is 94.3 Å². The van der Waals surface area contributed by atoms with E-state index in [0.29, 0.717) is 11.4 Å². The molecule has 0 fully saturated rings. The minimum absolute atomic E-state index is 0.0377. The Morgan fingerprint density at radius 3 is 2.61 bits per heavy atom. The van der Waals surface area contributed by atoms with E-state index in [1.165, 1.54) is 16.7 Å². The summed E-state index contributed by atoms with van der Waals surface area (Å²) in [5.74, 6) is -0.0377. The van der Waals surface area contributed by atoms with E-state index in [9.17, 15) is 4.79 Å². The van der Waals surface area contributed by atoms with Crippen LogP contribution >= 0.6 is 11.6 Å². The average Bonchev–Trinajstić information content (AvgIpc) is 2.70. The molecule has 3 aromatic rings. The van der Waals surface area contributed by atoms with Crippen molar-refractivity contribution in [3.8, 4) is 0 Å². The molecule has 0 atom stereocenters. The lowest BCUT2D eigenvalue weighted by atomic mass is 9.99.